The molecule has 1 saturated heterocycles. The number of carbonyl (C=O) groups excluding carboxylic acids is 2. The first kappa shape index (κ1) is 28.5. The topological polar surface area (TPSA) is 239 Å². The minimum Gasteiger partial charge on any atom is -0.731 e. The molecule has 19 heteroatoms. The number of anilines is 1. The minimum absolute atomic E-state index is 0.0587. The Morgan fingerprint density at radius 3 is 2.60 bits per heavy atom. The summed E-state index contributed by atoms with van der Waals surface area (Å²) < 4.78 is 38.6. The van der Waals surface area contributed by atoms with Gasteiger partial charge in [-0.3, -0.25) is 9.59 Å². The van der Waals surface area contributed by atoms with Gasteiger partial charge >= 0.3 is 5.97 Å². The van der Waals surface area contributed by atoms with Crippen LogP contribution in [0.2, 0.25) is 0 Å². The molecule has 0 aromatic carbocycles. The summed E-state index contributed by atoms with van der Waals surface area (Å²) >= 11 is 0.955. The largest absolute Gasteiger partial charge is 0.731 e. The van der Waals surface area contributed by atoms with Crippen molar-refractivity contribution in [1.29, 1.82) is 0 Å². The van der Waals surface area contributed by atoms with Crippen LogP contribution in [0.15, 0.2) is 41.3 Å². The first-order chi connectivity index (χ1) is 18.7. The lowest BCUT2D eigenvalue weighted by atomic mass is 9.98. The molecule has 3 aromatic rings. The average Bonchev–Trinajstić information content (AvgIpc) is 3.51. The number of nitrogens with zero attached hydrogens (tertiary/aromatic N) is 7. The first-order valence-electron chi connectivity index (χ1n) is 11.3. The number of aliphatic carboxylic acids is 1. The van der Waals surface area contributed by atoms with Gasteiger partial charge in [0.25, 0.3) is 11.8 Å². The second-order valence-corrected chi connectivity index (χ2v) is 11.2. The molecule has 2 atom stereocenters. The summed E-state index contributed by atoms with van der Waals surface area (Å²) in [6.07, 6.45) is 5.05. The highest BCUT2D eigenvalue weighted by Gasteiger charge is 2.52. The Hall–Kier alpha value is -4.49. The Labute approximate surface area is 230 Å². The van der Waals surface area contributed by atoms with Crippen molar-refractivity contribution in [2.75, 3.05) is 5.73 Å². The van der Waals surface area contributed by atoms with E-state index in [1.807, 2.05) is 11.6 Å². The van der Waals surface area contributed by atoms with Crippen LogP contribution in [-0.2, 0) is 43.1 Å². The van der Waals surface area contributed by atoms with Crippen molar-refractivity contribution in [3.63, 3.8) is 0 Å². The summed E-state index contributed by atoms with van der Waals surface area (Å²) in [7, 11) is -3.41. The van der Waals surface area contributed by atoms with Crippen LogP contribution in [0.25, 0.3) is 11.3 Å². The fourth-order valence-electron chi connectivity index (χ4n) is 3.52. The van der Waals surface area contributed by atoms with Gasteiger partial charge < -0.3 is 25.5 Å². The van der Waals surface area contributed by atoms with Crippen LogP contribution in [0.1, 0.15) is 19.5 Å². The van der Waals surface area contributed by atoms with Crippen LogP contribution in [0.5, 0.6) is 0 Å². The van der Waals surface area contributed by atoms with Crippen molar-refractivity contribution < 1.29 is 41.9 Å². The smallest absolute Gasteiger partial charge is 0.350 e. The van der Waals surface area contributed by atoms with Gasteiger partial charge in [-0.1, -0.05) is 10.4 Å². The number of amides is 2. The maximum Gasteiger partial charge on any atom is 0.350 e. The van der Waals surface area contributed by atoms with E-state index in [9.17, 15) is 32.5 Å². The van der Waals surface area contributed by atoms with Gasteiger partial charge in [-0.15, -0.1) is 16.4 Å². The molecule has 40 heavy (non-hydrogen) atoms. The summed E-state index contributed by atoms with van der Waals surface area (Å²) in [5.74, 6) is -3.63. The molecule has 4 N–H and O–H groups in total. The van der Waals surface area contributed by atoms with Crippen molar-refractivity contribution >= 4 is 50.3 Å². The Balaban J connectivity index is 1.59. The molecule has 0 radical (unpaired) electrons. The van der Waals surface area contributed by atoms with Crippen LogP contribution in [0, 0.1) is 0 Å². The maximum absolute atomic E-state index is 13.2. The maximum atomic E-state index is 13.2. The zero-order chi connectivity index (χ0) is 29.4. The highest BCUT2D eigenvalue weighted by Crippen LogP contribution is 2.26. The number of hydrogen-bond donors (Lipinski definition) is 3. The number of oxime groups is 1. The van der Waals surface area contributed by atoms with E-state index < -0.39 is 51.5 Å². The number of rotatable bonds is 10. The number of thiazole rings is 1. The molecule has 4 rings (SSSR count). The zero-order valence-electron chi connectivity index (χ0n) is 21.2. The van der Waals surface area contributed by atoms with Gasteiger partial charge in [-0.05, 0) is 13.8 Å². The molecule has 3 aromatic heterocycles. The number of nitrogens with two attached hydrogens (primary N) is 1. The van der Waals surface area contributed by atoms with E-state index in [-0.39, 0.29) is 21.7 Å². The third-order valence-corrected chi connectivity index (χ3v) is 7.35. The fraction of sp³-hybridized carbons (Fsp3) is 0.333. The molecule has 0 bridgehead atoms. The van der Waals surface area contributed by atoms with Crippen LogP contribution in [0.4, 0.5) is 5.13 Å². The molecular formula is C21H23N9O8S2. The summed E-state index contributed by atoms with van der Waals surface area (Å²) in [6, 6.07) is 0.699. The number of nitrogens with one attached hydrogen (secondary N) is 1. The van der Waals surface area contributed by atoms with E-state index in [1.54, 1.807) is 24.5 Å². The van der Waals surface area contributed by atoms with E-state index in [0.717, 1.165) is 11.3 Å². The summed E-state index contributed by atoms with van der Waals surface area (Å²) in [6.45, 7) is 2.06. The molecule has 1 aliphatic rings. The van der Waals surface area contributed by atoms with Crippen molar-refractivity contribution in [3.05, 3.63) is 41.8 Å². The van der Waals surface area contributed by atoms with Crippen LogP contribution in [0.3, 0.4) is 0 Å². The van der Waals surface area contributed by atoms with Gasteiger partial charge in [0, 0.05) is 23.1 Å². The fourth-order valence-corrected chi connectivity index (χ4v) is 4.93. The number of carboxylic acids is 1. The van der Waals surface area contributed by atoms with E-state index in [4.69, 9.17) is 10.6 Å². The molecule has 1 fully saturated rings. The number of nitrogen functional groups attached to an aromatic ring is 1. The Bertz CT molecular complexity index is 1600. The van der Waals surface area contributed by atoms with Gasteiger partial charge in [0.05, 0.1) is 18.8 Å². The third-order valence-electron chi connectivity index (χ3n) is 5.74. The SMILES string of the molecule is C[n+]1ccc(-c2cn(C[C@@H]3[C@H](NC(=O)/C(=N/OC(C)(C)C(=O)O)c4csc(N)n4)C(=O)N3S(=O)(=O)[O-])nn2)cc1. The number of aryl methyl sites for hydroxylation is 1. The molecule has 0 saturated carbocycles. The molecule has 2 amide bonds. The number of pyridine rings is 1. The van der Waals surface area contributed by atoms with E-state index in [0.29, 0.717) is 11.3 Å². The minimum atomic E-state index is -5.24. The Kier molecular flexibility index (Phi) is 7.55. The third kappa shape index (κ3) is 5.90. The monoisotopic (exact) mass is 593 g/mol. The standard InChI is InChI=1S/C21H23N9O8S2/c1-21(2,19(33)34)38-26-15(13-10-39-20(22)23-13)17(31)24-16-14(30(18(16)32)40(35,36)37)9-29-8-12(25-27-29)11-4-6-28(3)7-5-11/h4-8,10,14,16H,9H2,1-3H3,(H4-,22,23,24,31,33,34,35,36,37)/b26-15+/t14-,16+/m1/s1. The quantitative estimate of drug-likeness (QED) is 0.0779. The van der Waals surface area contributed by atoms with Crippen molar-refractivity contribution in [2.24, 2.45) is 12.2 Å². The highest BCUT2D eigenvalue weighted by molar-refractivity contribution is 7.84. The lowest BCUT2D eigenvalue weighted by molar-refractivity contribution is -0.671. The van der Waals surface area contributed by atoms with Crippen LogP contribution in [-0.4, -0.2) is 83.5 Å². The number of hydrogen-bond acceptors (Lipinski definition) is 13. The van der Waals surface area contributed by atoms with Crippen molar-refractivity contribution in [1.82, 2.24) is 29.6 Å². The van der Waals surface area contributed by atoms with Gasteiger partial charge in [0.1, 0.15) is 24.5 Å². The molecular weight excluding hydrogens is 570 g/mol. The van der Waals surface area contributed by atoms with Gasteiger partial charge in [-0.2, -0.15) is 0 Å². The van der Waals surface area contributed by atoms with E-state index >= 15 is 0 Å². The Morgan fingerprint density at radius 1 is 1.35 bits per heavy atom. The van der Waals surface area contributed by atoms with Crippen LogP contribution >= 0.6 is 11.3 Å². The number of aromatic nitrogens is 5. The summed E-state index contributed by atoms with van der Waals surface area (Å²) in [4.78, 5) is 46.2. The molecule has 1 aliphatic heterocycles. The number of carboxylic acid groups (broad SMARTS) is 1. The molecule has 212 valence electrons. The molecule has 4 heterocycles. The van der Waals surface area contributed by atoms with Gasteiger partial charge in [0.2, 0.25) is 5.60 Å². The highest BCUT2D eigenvalue weighted by atomic mass is 32.2. The Morgan fingerprint density at radius 2 is 2.02 bits per heavy atom. The lowest BCUT2D eigenvalue weighted by Gasteiger charge is -2.47. The average molecular weight is 594 g/mol. The molecule has 17 nitrogen and oxygen atoms in total. The normalized spacial score (nSPS) is 17.9. The molecule has 0 aliphatic carbocycles. The second-order valence-electron chi connectivity index (χ2n) is 9.11. The van der Waals surface area contributed by atoms with Crippen molar-refractivity contribution in [3.8, 4) is 11.3 Å². The van der Waals surface area contributed by atoms with Gasteiger partial charge in [-0.25, -0.2) is 31.8 Å². The predicted octanol–water partition coefficient (Wildman–Crippen LogP) is -1.75. The van der Waals surface area contributed by atoms with Crippen molar-refractivity contribution in [2.45, 2.75) is 38.1 Å². The number of carbonyl (C=O) groups is 3. The zero-order valence-corrected chi connectivity index (χ0v) is 22.8. The predicted molar refractivity (Wildman–Crippen MR) is 135 cm³/mol. The van der Waals surface area contributed by atoms with E-state index in [2.05, 4.69) is 25.8 Å². The lowest BCUT2D eigenvalue weighted by Crippen LogP contribution is -2.73. The van der Waals surface area contributed by atoms with E-state index in [1.165, 1.54) is 30.1 Å². The summed E-state index contributed by atoms with van der Waals surface area (Å²) in [5, 5.41) is 24.6. The molecule has 0 spiro atoms. The van der Waals surface area contributed by atoms with Gasteiger partial charge in [0.15, 0.2) is 33.5 Å². The second kappa shape index (κ2) is 10.6. The molecule has 0 unspecified atom stereocenters. The van der Waals surface area contributed by atoms with Crippen LogP contribution < -0.4 is 15.6 Å². The number of β-lactam (4-membered cyclic amide) rings is 1. The summed E-state index contributed by atoms with van der Waals surface area (Å²) in [5.41, 5.74) is 4.33. The first-order valence-corrected chi connectivity index (χ1v) is 13.6.